The molecule has 0 saturated heterocycles. The summed E-state index contributed by atoms with van der Waals surface area (Å²) in [4.78, 5) is 0. The maximum absolute atomic E-state index is 11.8. The minimum Gasteiger partial charge on any atom is -0.382 e. The zero-order valence-electron chi connectivity index (χ0n) is 10.5. The fourth-order valence-corrected chi connectivity index (χ4v) is 2.67. The molecule has 2 N–H and O–H groups in total. The Morgan fingerprint density at radius 2 is 2.00 bits per heavy atom. The highest BCUT2D eigenvalue weighted by Gasteiger charge is 2.17. The molecule has 1 aromatic carbocycles. The number of rotatable bonds is 4. The number of fused-ring (bicyclic) bond motifs is 1. The van der Waals surface area contributed by atoms with Crippen LogP contribution in [0.1, 0.15) is 13.8 Å². The van der Waals surface area contributed by atoms with Gasteiger partial charge in [0.05, 0.1) is 23.1 Å². The second kappa shape index (κ2) is 4.61. The Labute approximate surface area is 107 Å². The van der Waals surface area contributed by atoms with Crippen LogP contribution >= 0.6 is 0 Å². The highest BCUT2D eigenvalue weighted by atomic mass is 32.2. The largest absolute Gasteiger partial charge is 0.382 e. The molecular formula is C12H17N3O2S. The Kier molecular flexibility index (Phi) is 3.30. The maximum Gasteiger partial charge on any atom is 0.154 e. The molecule has 2 rings (SSSR count). The lowest BCUT2D eigenvalue weighted by Gasteiger charge is -2.08. The summed E-state index contributed by atoms with van der Waals surface area (Å²) in [6, 6.07) is 7.54. The van der Waals surface area contributed by atoms with Crippen LogP contribution in [0.15, 0.2) is 24.3 Å². The molecule has 0 atom stereocenters. The number of benzene rings is 1. The minimum absolute atomic E-state index is 0.0791. The second-order valence-electron chi connectivity index (χ2n) is 4.54. The summed E-state index contributed by atoms with van der Waals surface area (Å²) in [5.74, 6) is 0.517. The second-order valence-corrected chi connectivity index (χ2v) is 7.22. The standard InChI is InChI=1S/C12H17N3O2S/c1-9(2)18(16,17)8-7-15-11-6-4-3-5-10(11)12(13)14-15/h3-6,9H,7-8H2,1-2H3,(H2,13,14). The molecule has 1 aromatic heterocycles. The number of hydrogen-bond donors (Lipinski definition) is 1. The molecule has 0 spiro atoms. The predicted molar refractivity (Wildman–Crippen MR) is 73.1 cm³/mol. The van der Waals surface area contributed by atoms with E-state index < -0.39 is 9.84 Å². The third-order valence-corrected chi connectivity index (χ3v) is 5.18. The monoisotopic (exact) mass is 267 g/mol. The zero-order chi connectivity index (χ0) is 13.3. The van der Waals surface area contributed by atoms with Crippen molar-refractivity contribution in [1.29, 1.82) is 0 Å². The average Bonchev–Trinajstić information content (AvgIpc) is 2.65. The van der Waals surface area contributed by atoms with E-state index in [0.717, 1.165) is 10.9 Å². The summed E-state index contributed by atoms with van der Waals surface area (Å²) in [5.41, 5.74) is 6.66. The van der Waals surface area contributed by atoms with Gasteiger partial charge in [-0.3, -0.25) is 4.68 Å². The van der Waals surface area contributed by atoms with Crippen LogP contribution in [-0.2, 0) is 16.4 Å². The van der Waals surface area contributed by atoms with Crippen molar-refractivity contribution in [1.82, 2.24) is 9.78 Å². The van der Waals surface area contributed by atoms with Crippen LogP contribution < -0.4 is 5.73 Å². The van der Waals surface area contributed by atoms with Crippen LogP contribution in [-0.4, -0.2) is 29.2 Å². The highest BCUT2D eigenvalue weighted by Crippen LogP contribution is 2.19. The van der Waals surface area contributed by atoms with Gasteiger partial charge in [0.15, 0.2) is 15.7 Å². The van der Waals surface area contributed by atoms with E-state index in [1.165, 1.54) is 0 Å². The van der Waals surface area contributed by atoms with E-state index in [1.807, 2.05) is 24.3 Å². The molecule has 18 heavy (non-hydrogen) atoms. The summed E-state index contributed by atoms with van der Waals surface area (Å²) in [5, 5.41) is 4.68. The Bertz CT molecular complexity index is 659. The van der Waals surface area contributed by atoms with Gasteiger partial charge in [-0.1, -0.05) is 12.1 Å². The molecule has 2 aromatic rings. The zero-order valence-corrected chi connectivity index (χ0v) is 11.3. The molecule has 0 aliphatic carbocycles. The molecule has 1 heterocycles. The number of nitrogens with two attached hydrogens (primary N) is 1. The number of sulfone groups is 1. The van der Waals surface area contributed by atoms with Crippen molar-refractivity contribution in [3.8, 4) is 0 Å². The lowest BCUT2D eigenvalue weighted by atomic mass is 10.2. The van der Waals surface area contributed by atoms with Crippen molar-refractivity contribution in [3.05, 3.63) is 24.3 Å². The van der Waals surface area contributed by atoms with Gasteiger partial charge < -0.3 is 5.73 Å². The summed E-state index contributed by atoms with van der Waals surface area (Å²) in [7, 11) is -3.06. The smallest absolute Gasteiger partial charge is 0.154 e. The molecule has 5 nitrogen and oxygen atoms in total. The van der Waals surface area contributed by atoms with E-state index in [0.29, 0.717) is 12.4 Å². The number of anilines is 1. The van der Waals surface area contributed by atoms with Gasteiger partial charge in [0.2, 0.25) is 0 Å². The van der Waals surface area contributed by atoms with Gasteiger partial charge in [0.25, 0.3) is 0 Å². The van der Waals surface area contributed by atoms with Crippen LogP contribution in [0.25, 0.3) is 10.9 Å². The van der Waals surface area contributed by atoms with Crippen molar-refractivity contribution in [3.63, 3.8) is 0 Å². The van der Waals surface area contributed by atoms with Gasteiger partial charge in [-0.2, -0.15) is 5.10 Å². The van der Waals surface area contributed by atoms with E-state index in [4.69, 9.17) is 5.73 Å². The molecule has 98 valence electrons. The van der Waals surface area contributed by atoms with Crippen molar-refractivity contribution < 1.29 is 8.42 Å². The van der Waals surface area contributed by atoms with E-state index in [9.17, 15) is 8.42 Å². The number of nitrogen functional groups attached to an aromatic ring is 1. The normalized spacial score (nSPS) is 12.4. The molecular weight excluding hydrogens is 250 g/mol. The third kappa shape index (κ3) is 2.33. The van der Waals surface area contributed by atoms with Gasteiger partial charge in [0, 0.05) is 5.39 Å². The Balaban J connectivity index is 2.29. The van der Waals surface area contributed by atoms with Crippen LogP contribution in [0.2, 0.25) is 0 Å². The molecule has 0 aliphatic heterocycles. The quantitative estimate of drug-likeness (QED) is 0.909. The molecule has 6 heteroatoms. The first-order valence-electron chi connectivity index (χ1n) is 5.84. The summed E-state index contributed by atoms with van der Waals surface area (Å²) in [6.45, 7) is 3.70. The molecule has 0 aliphatic rings. The van der Waals surface area contributed by atoms with Gasteiger partial charge in [-0.05, 0) is 26.0 Å². The Morgan fingerprint density at radius 3 is 2.67 bits per heavy atom. The molecule has 0 bridgehead atoms. The SMILES string of the molecule is CC(C)S(=O)(=O)CCn1nc(N)c2ccccc21. The number of aryl methyl sites for hydroxylation is 1. The lowest BCUT2D eigenvalue weighted by molar-refractivity contribution is 0.576. The number of nitrogens with zero attached hydrogens (tertiary/aromatic N) is 2. The van der Waals surface area contributed by atoms with Gasteiger partial charge >= 0.3 is 0 Å². The molecule has 0 amide bonds. The Morgan fingerprint density at radius 1 is 1.33 bits per heavy atom. The van der Waals surface area contributed by atoms with E-state index >= 15 is 0 Å². The molecule has 0 radical (unpaired) electrons. The van der Waals surface area contributed by atoms with Crippen LogP contribution in [0.4, 0.5) is 5.82 Å². The highest BCUT2D eigenvalue weighted by molar-refractivity contribution is 7.91. The summed E-state index contributed by atoms with van der Waals surface area (Å²) in [6.07, 6.45) is 0. The predicted octanol–water partition coefficient (Wildman–Crippen LogP) is 1.44. The third-order valence-electron chi connectivity index (χ3n) is 2.99. The van der Waals surface area contributed by atoms with Crippen LogP contribution in [0, 0.1) is 0 Å². The first-order valence-corrected chi connectivity index (χ1v) is 7.56. The van der Waals surface area contributed by atoms with Crippen molar-refractivity contribution >= 4 is 26.6 Å². The summed E-state index contributed by atoms with van der Waals surface area (Å²) >= 11 is 0. The number of para-hydroxylation sites is 1. The first-order chi connectivity index (χ1) is 8.42. The van der Waals surface area contributed by atoms with E-state index in [1.54, 1.807) is 18.5 Å². The number of aromatic nitrogens is 2. The fourth-order valence-electron chi connectivity index (χ4n) is 1.77. The number of hydrogen-bond acceptors (Lipinski definition) is 4. The van der Waals surface area contributed by atoms with Crippen molar-refractivity contribution in [2.75, 3.05) is 11.5 Å². The van der Waals surface area contributed by atoms with Crippen molar-refractivity contribution in [2.24, 2.45) is 0 Å². The fraction of sp³-hybridized carbons (Fsp3) is 0.417. The average molecular weight is 267 g/mol. The topological polar surface area (TPSA) is 78.0 Å². The Hall–Kier alpha value is -1.56. The van der Waals surface area contributed by atoms with E-state index in [2.05, 4.69) is 5.10 Å². The van der Waals surface area contributed by atoms with E-state index in [-0.39, 0.29) is 11.0 Å². The van der Waals surface area contributed by atoms with Gasteiger partial charge in [-0.15, -0.1) is 0 Å². The molecule has 0 unspecified atom stereocenters. The van der Waals surface area contributed by atoms with Gasteiger partial charge in [-0.25, -0.2) is 8.42 Å². The van der Waals surface area contributed by atoms with Gasteiger partial charge in [0.1, 0.15) is 0 Å². The maximum atomic E-state index is 11.8. The molecule has 0 saturated carbocycles. The van der Waals surface area contributed by atoms with Crippen molar-refractivity contribution in [2.45, 2.75) is 25.6 Å². The van der Waals surface area contributed by atoms with Crippen LogP contribution in [0.3, 0.4) is 0 Å². The molecule has 0 fully saturated rings. The minimum atomic E-state index is -3.06. The summed E-state index contributed by atoms with van der Waals surface area (Å²) < 4.78 is 25.2. The van der Waals surface area contributed by atoms with Crippen LogP contribution in [0.5, 0.6) is 0 Å². The first kappa shape index (κ1) is 12.9. The lowest BCUT2D eigenvalue weighted by Crippen LogP contribution is -2.21.